The average Bonchev–Trinajstić information content (AvgIpc) is 3.88. The lowest BCUT2D eigenvalue weighted by molar-refractivity contribution is -0.138. The molecule has 4 aromatic rings. The molecule has 5 rings (SSSR count). The number of ether oxygens (including phenoxy) is 2. The van der Waals surface area contributed by atoms with Gasteiger partial charge < -0.3 is 51.3 Å². The number of unbranched alkanes of at least 4 members (excludes halogenated alkanes) is 2. The summed E-state index contributed by atoms with van der Waals surface area (Å²) in [6, 6.07) is 7.42. The number of fused-ring (bicyclic) bond motifs is 1. The van der Waals surface area contributed by atoms with Crippen LogP contribution in [0.4, 0.5) is 11.8 Å². The number of nitrogens with one attached hydrogen (secondary N) is 2. The third-order valence-electron chi connectivity index (χ3n) is 10.4. The first-order valence-electron chi connectivity index (χ1n) is 21.0. The van der Waals surface area contributed by atoms with Gasteiger partial charge >= 0.3 is 11.9 Å². The van der Waals surface area contributed by atoms with Crippen LogP contribution in [0.2, 0.25) is 0 Å². The number of hydrogen-bond acceptors (Lipinski definition) is 15. The quantitative estimate of drug-likeness (QED) is 0.0467. The monoisotopic (exact) mass is 880 g/mol. The number of rotatable bonds is 27. The Kier molecular flexibility index (Phi) is 18.7. The van der Waals surface area contributed by atoms with Gasteiger partial charge in [0.1, 0.15) is 17.3 Å². The second kappa shape index (κ2) is 24.3. The van der Waals surface area contributed by atoms with Gasteiger partial charge in [0.25, 0.3) is 0 Å². The predicted octanol–water partition coefficient (Wildman–Crippen LogP) is 1.94. The standard InChI is InChI=1S/C41H60N12O8S/c1-3-4-5-10-44-38-37-33(46-41(43)47-38)8-11-52(37)25-30-7-6-29(21-28(30)2)24-50-12-14-51(15-13-50)35(54)9-17-60-19-20-61-18-16-53-26-31(48-49-53)23-45-39(57)34(22-36(55)56)62-27-32(42)40(58)59/h6-8,11,21,26,32,34H,3-5,9-10,12-20,22-25,27,42H2,1-2H3,(H,45,57)(H,55,56)(H,58,59)(H3,43,44,46,47)/t32-,34-/m0/s1. The van der Waals surface area contributed by atoms with Crippen molar-refractivity contribution in [2.75, 3.05) is 76.0 Å². The highest BCUT2D eigenvalue weighted by Crippen LogP contribution is 2.25. The molecule has 62 heavy (non-hydrogen) atoms. The van der Waals surface area contributed by atoms with Crippen LogP contribution in [0.3, 0.4) is 0 Å². The molecule has 338 valence electrons. The number of nitrogens with two attached hydrogens (primary N) is 2. The van der Waals surface area contributed by atoms with E-state index in [1.54, 1.807) is 10.9 Å². The van der Waals surface area contributed by atoms with Gasteiger partial charge in [-0.15, -0.1) is 16.9 Å². The van der Waals surface area contributed by atoms with Gasteiger partial charge in [-0.2, -0.15) is 4.98 Å². The largest absolute Gasteiger partial charge is 0.481 e. The highest BCUT2D eigenvalue weighted by Gasteiger charge is 2.25. The van der Waals surface area contributed by atoms with Crippen LogP contribution < -0.4 is 22.1 Å². The number of nitrogens with zero attached hydrogens (tertiary/aromatic N) is 8. The first-order chi connectivity index (χ1) is 29.9. The summed E-state index contributed by atoms with van der Waals surface area (Å²) in [6.07, 6.45) is 6.87. The molecule has 0 saturated carbocycles. The van der Waals surface area contributed by atoms with Gasteiger partial charge in [-0.25, -0.2) is 9.67 Å². The van der Waals surface area contributed by atoms with Crippen LogP contribution in [0.25, 0.3) is 11.0 Å². The van der Waals surface area contributed by atoms with Crippen molar-refractivity contribution in [2.24, 2.45) is 5.73 Å². The Labute approximate surface area is 365 Å². The molecule has 1 aliphatic heterocycles. The van der Waals surface area contributed by atoms with Crippen molar-refractivity contribution in [3.8, 4) is 0 Å². The molecule has 8 N–H and O–H groups in total. The predicted molar refractivity (Wildman–Crippen MR) is 234 cm³/mol. The van der Waals surface area contributed by atoms with Crippen molar-refractivity contribution in [2.45, 2.75) is 83.4 Å². The van der Waals surface area contributed by atoms with E-state index in [1.807, 2.05) is 17.2 Å². The van der Waals surface area contributed by atoms with E-state index < -0.39 is 35.6 Å². The van der Waals surface area contributed by atoms with E-state index in [4.69, 9.17) is 31.2 Å². The van der Waals surface area contributed by atoms with E-state index in [-0.39, 0.29) is 24.2 Å². The van der Waals surface area contributed by atoms with Crippen molar-refractivity contribution in [3.63, 3.8) is 0 Å². The number of carbonyl (C=O) groups is 4. The lowest BCUT2D eigenvalue weighted by Gasteiger charge is -2.35. The molecule has 3 aromatic heterocycles. The zero-order chi connectivity index (χ0) is 44.4. The first kappa shape index (κ1) is 47.7. The molecule has 1 aliphatic rings. The molecule has 2 atom stereocenters. The molecule has 20 nitrogen and oxygen atoms in total. The van der Waals surface area contributed by atoms with Crippen molar-refractivity contribution in [3.05, 3.63) is 59.0 Å². The van der Waals surface area contributed by atoms with E-state index in [0.29, 0.717) is 64.7 Å². The number of piperazine rings is 1. The lowest BCUT2D eigenvalue weighted by Crippen LogP contribution is -2.48. The van der Waals surface area contributed by atoms with Crippen LogP contribution in [-0.2, 0) is 54.8 Å². The summed E-state index contributed by atoms with van der Waals surface area (Å²) in [6.45, 7) is 11.4. The van der Waals surface area contributed by atoms with Crippen LogP contribution in [0.15, 0.2) is 36.7 Å². The average molecular weight is 881 g/mol. The molecule has 21 heteroatoms. The Morgan fingerprint density at radius 3 is 2.48 bits per heavy atom. The van der Waals surface area contributed by atoms with Gasteiger partial charge in [0.15, 0.2) is 5.82 Å². The van der Waals surface area contributed by atoms with E-state index in [0.717, 1.165) is 74.1 Å². The van der Waals surface area contributed by atoms with Crippen LogP contribution in [0, 0.1) is 6.92 Å². The van der Waals surface area contributed by atoms with Gasteiger partial charge in [0.2, 0.25) is 17.8 Å². The Morgan fingerprint density at radius 1 is 0.984 bits per heavy atom. The first-order valence-corrected chi connectivity index (χ1v) is 22.0. The topological polar surface area (TPSA) is 271 Å². The summed E-state index contributed by atoms with van der Waals surface area (Å²) in [5.41, 5.74) is 17.4. The summed E-state index contributed by atoms with van der Waals surface area (Å²) >= 11 is 0.873. The third kappa shape index (κ3) is 14.9. The SMILES string of the molecule is CCCCCNc1nc(N)nc2ccn(Cc3ccc(CN4CCN(C(=O)CCOCCOCCn5cc(CNC(=O)[C@H](CC(=O)O)SC[C@H](N)C(=O)O)nn5)CC4)cc3C)c12. The van der Waals surface area contributed by atoms with Crippen LogP contribution >= 0.6 is 11.8 Å². The second-order valence-corrected chi connectivity index (χ2v) is 16.4. The maximum absolute atomic E-state index is 12.9. The number of hydrogen-bond donors (Lipinski definition) is 6. The van der Waals surface area contributed by atoms with Crippen molar-refractivity contribution < 1.29 is 38.9 Å². The molecule has 2 amide bonds. The Morgan fingerprint density at radius 2 is 1.76 bits per heavy atom. The molecule has 0 radical (unpaired) electrons. The minimum atomic E-state index is -1.23. The maximum Gasteiger partial charge on any atom is 0.321 e. The fourth-order valence-corrected chi connectivity index (χ4v) is 7.96. The molecular weight excluding hydrogens is 821 g/mol. The van der Waals surface area contributed by atoms with Crippen molar-refractivity contribution in [1.29, 1.82) is 0 Å². The molecular formula is C41H60N12O8S. The van der Waals surface area contributed by atoms with Crippen molar-refractivity contribution >= 4 is 58.3 Å². The third-order valence-corrected chi connectivity index (χ3v) is 11.7. The molecule has 0 aliphatic carbocycles. The number of aromatic nitrogens is 6. The lowest BCUT2D eigenvalue weighted by atomic mass is 10.0. The molecule has 1 fully saturated rings. The zero-order valence-corrected chi connectivity index (χ0v) is 36.4. The number of carbonyl (C=O) groups excluding carboxylic acids is 2. The minimum Gasteiger partial charge on any atom is -0.481 e. The molecule has 0 spiro atoms. The van der Waals surface area contributed by atoms with E-state index in [1.165, 1.54) is 16.7 Å². The number of aliphatic carboxylic acids is 2. The number of anilines is 2. The number of amides is 2. The molecule has 4 heterocycles. The number of thioether (sulfide) groups is 1. The molecule has 1 aromatic carbocycles. The summed E-state index contributed by atoms with van der Waals surface area (Å²) in [5.74, 6) is -1.99. The van der Waals surface area contributed by atoms with Gasteiger partial charge in [-0.3, -0.25) is 24.1 Å². The van der Waals surface area contributed by atoms with Gasteiger partial charge in [-0.1, -0.05) is 43.2 Å². The molecule has 1 saturated heterocycles. The van der Waals surface area contributed by atoms with Crippen LogP contribution in [0.1, 0.15) is 61.4 Å². The molecule has 0 bridgehead atoms. The fraction of sp³-hybridized carbons (Fsp3) is 0.561. The summed E-state index contributed by atoms with van der Waals surface area (Å²) in [7, 11) is 0. The van der Waals surface area contributed by atoms with Gasteiger partial charge in [-0.05, 0) is 36.1 Å². The van der Waals surface area contributed by atoms with E-state index in [2.05, 4.69) is 72.4 Å². The number of carboxylic acid groups (broad SMARTS) is 2. The Balaban J connectivity index is 0.933. The number of benzene rings is 1. The van der Waals surface area contributed by atoms with E-state index in [9.17, 15) is 19.2 Å². The number of carboxylic acids is 2. The Hall–Kier alpha value is -5.35. The number of aryl methyl sites for hydroxylation is 1. The summed E-state index contributed by atoms with van der Waals surface area (Å²) < 4.78 is 15.0. The van der Waals surface area contributed by atoms with Crippen LogP contribution in [-0.4, -0.2) is 149 Å². The summed E-state index contributed by atoms with van der Waals surface area (Å²) in [5, 5.41) is 31.2. The van der Waals surface area contributed by atoms with Crippen molar-refractivity contribution in [1.82, 2.24) is 44.6 Å². The summed E-state index contributed by atoms with van der Waals surface area (Å²) in [4.78, 5) is 60.9. The van der Waals surface area contributed by atoms with Gasteiger partial charge in [0.05, 0.1) is 69.3 Å². The highest BCUT2D eigenvalue weighted by molar-refractivity contribution is 8.00. The smallest absolute Gasteiger partial charge is 0.321 e. The zero-order valence-electron chi connectivity index (χ0n) is 35.5. The Bertz CT molecular complexity index is 2090. The maximum atomic E-state index is 12.9. The van der Waals surface area contributed by atoms with E-state index >= 15 is 0 Å². The minimum absolute atomic E-state index is 0.0132. The second-order valence-electron chi connectivity index (χ2n) is 15.2. The van der Waals surface area contributed by atoms with Gasteiger partial charge in [0, 0.05) is 57.8 Å². The highest BCUT2D eigenvalue weighted by atomic mass is 32.2. The van der Waals surface area contributed by atoms with Crippen LogP contribution in [0.5, 0.6) is 0 Å². The fourth-order valence-electron chi connectivity index (χ4n) is 6.89. The normalized spacial score (nSPS) is 14.2. The number of nitrogen functional groups attached to an aromatic ring is 1. The molecule has 0 unspecified atom stereocenters.